The number of carbonyl (C=O) groups is 1. The summed E-state index contributed by atoms with van der Waals surface area (Å²) < 4.78 is 0. The molecule has 2 atom stereocenters. The van der Waals surface area contributed by atoms with Crippen molar-refractivity contribution < 1.29 is 9.90 Å². The van der Waals surface area contributed by atoms with Crippen LogP contribution in [0, 0.1) is 11.8 Å². The van der Waals surface area contributed by atoms with Gasteiger partial charge in [0.05, 0.1) is 0 Å². The fourth-order valence-corrected chi connectivity index (χ4v) is 2.96. The lowest BCUT2D eigenvalue weighted by atomic mass is 9.90. The van der Waals surface area contributed by atoms with Gasteiger partial charge < -0.3 is 10.4 Å². The van der Waals surface area contributed by atoms with Crippen LogP contribution in [0.4, 0.5) is 0 Å². The molecule has 1 rings (SSSR count). The van der Waals surface area contributed by atoms with Crippen LogP contribution in [-0.2, 0) is 4.79 Å². The molecule has 18 heavy (non-hydrogen) atoms. The Morgan fingerprint density at radius 1 is 1.28 bits per heavy atom. The molecule has 0 spiro atoms. The van der Waals surface area contributed by atoms with E-state index in [-0.39, 0.29) is 24.5 Å². The molecule has 106 valence electrons. The summed E-state index contributed by atoms with van der Waals surface area (Å²) >= 11 is 0. The molecule has 0 heterocycles. The summed E-state index contributed by atoms with van der Waals surface area (Å²) in [5.74, 6) is 1.13. The van der Waals surface area contributed by atoms with E-state index >= 15 is 0 Å². The van der Waals surface area contributed by atoms with Gasteiger partial charge in [0.25, 0.3) is 0 Å². The topological polar surface area (TPSA) is 49.3 Å². The number of nitrogens with one attached hydrogen (secondary N) is 1. The standard InChI is InChI=1S/C15H29NO2/c1-3-13(11-12-7-5-6-8-12)15(18)16-14(4-2)9-10-17/h12-14,17H,3-11H2,1-2H3,(H,16,18). The summed E-state index contributed by atoms with van der Waals surface area (Å²) in [4.78, 5) is 12.2. The molecule has 3 heteroatoms. The summed E-state index contributed by atoms with van der Waals surface area (Å²) in [6, 6.07) is 0.139. The molecular weight excluding hydrogens is 226 g/mol. The van der Waals surface area contributed by atoms with Gasteiger partial charge in [0.1, 0.15) is 0 Å². The number of amides is 1. The van der Waals surface area contributed by atoms with Crippen molar-refractivity contribution in [1.82, 2.24) is 5.32 Å². The van der Waals surface area contributed by atoms with Crippen LogP contribution in [-0.4, -0.2) is 23.7 Å². The molecule has 1 aliphatic rings. The van der Waals surface area contributed by atoms with Crippen LogP contribution < -0.4 is 5.32 Å². The number of hydrogen-bond acceptors (Lipinski definition) is 2. The van der Waals surface area contributed by atoms with Crippen LogP contribution >= 0.6 is 0 Å². The third-order valence-corrected chi connectivity index (χ3v) is 4.27. The SMILES string of the molecule is CCC(CCO)NC(=O)C(CC)CC1CCCC1. The predicted octanol–water partition coefficient (Wildman–Crippen LogP) is 2.87. The van der Waals surface area contributed by atoms with Crippen LogP contribution in [0.2, 0.25) is 0 Å². The fraction of sp³-hybridized carbons (Fsp3) is 0.933. The van der Waals surface area contributed by atoms with Crippen molar-refractivity contribution in [1.29, 1.82) is 0 Å². The minimum Gasteiger partial charge on any atom is -0.396 e. The normalized spacial score (nSPS) is 19.7. The third-order valence-electron chi connectivity index (χ3n) is 4.27. The molecule has 2 unspecified atom stereocenters. The number of aliphatic hydroxyl groups excluding tert-OH is 1. The number of carbonyl (C=O) groups excluding carboxylic acids is 1. The van der Waals surface area contributed by atoms with Crippen LogP contribution in [0.15, 0.2) is 0 Å². The highest BCUT2D eigenvalue weighted by atomic mass is 16.3. The van der Waals surface area contributed by atoms with Crippen molar-refractivity contribution in [3.63, 3.8) is 0 Å². The fourth-order valence-electron chi connectivity index (χ4n) is 2.96. The molecule has 1 fully saturated rings. The highest BCUT2D eigenvalue weighted by Gasteiger charge is 2.24. The Bertz CT molecular complexity index is 237. The van der Waals surface area contributed by atoms with E-state index in [0.29, 0.717) is 6.42 Å². The van der Waals surface area contributed by atoms with E-state index in [1.165, 1.54) is 25.7 Å². The molecule has 0 saturated heterocycles. The molecule has 1 amide bonds. The highest BCUT2D eigenvalue weighted by molar-refractivity contribution is 5.78. The smallest absolute Gasteiger partial charge is 0.223 e. The largest absolute Gasteiger partial charge is 0.396 e. The van der Waals surface area contributed by atoms with Gasteiger partial charge in [-0.15, -0.1) is 0 Å². The van der Waals surface area contributed by atoms with Crippen LogP contribution in [0.3, 0.4) is 0 Å². The van der Waals surface area contributed by atoms with Crippen molar-refractivity contribution in [3.8, 4) is 0 Å². The number of rotatable bonds is 8. The Balaban J connectivity index is 2.39. The van der Waals surface area contributed by atoms with Gasteiger partial charge in [-0.05, 0) is 31.6 Å². The van der Waals surface area contributed by atoms with Crippen LogP contribution in [0.1, 0.15) is 65.2 Å². The highest BCUT2D eigenvalue weighted by Crippen LogP contribution is 2.31. The maximum atomic E-state index is 12.2. The zero-order chi connectivity index (χ0) is 13.4. The summed E-state index contributed by atoms with van der Waals surface area (Å²) in [5.41, 5.74) is 0. The molecule has 0 aromatic carbocycles. The summed E-state index contributed by atoms with van der Waals surface area (Å²) in [6.45, 7) is 4.31. The molecule has 1 aliphatic carbocycles. The van der Waals surface area contributed by atoms with Crippen molar-refractivity contribution in [2.75, 3.05) is 6.61 Å². The zero-order valence-electron chi connectivity index (χ0n) is 12.0. The molecule has 2 N–H and O–H groups in total. The van der Waals surface area contributed by atoms with Crippen LogP contribution in [0.25, 0.3) is 0 Å². The van der Waals surface area contributed by atoms with E-state index in [0.717, 1.165) is 25.2 Å². The first-order valence-electron chi connectivity index (χ1n) is 7.62. The van der Waals surface area contributed by atoms with E-state index in [2.05, 4.69) is 19.2 Å². The monoisotopic (exact) mass is 255 g/mol. The average Bonchev–Trinajstić information content (AvgIpc) is 2.88. The molecule has 0 radical (unpaired) electrons. The lowest BCUT2D eigenvalue weighted by Gasteiger charge is -2.22. The maximum Gasteiger partial charge on any atom is 0.223 e. The summed E-state index contributed by atoms with van der Waals surface area (Å²) in [5, 5.41) is 12.0. The zero-order valence-corrected chi connectivity index (χ0v) is 12.0. The second kappa shape index (κ2) is 8.52. The second-order valence-corrected chi connectivity index (χ2v) is 5.62. The van der Waals surface area contributed by atoms with E-state index < -0.39 is 0 Å². The molecule has 0 aromatic heterocycles. The quantitative estimate of drug-likeness (QED) is 0.700. The Morgan fingerprint density at radius 3 is 2.44 bits per heavy atom. The van der Waals surface area contributed by atoms with Gasteiger partial charge in [0, 0.05) is 18.6 Å². The molecular formula is C15H29NO2. The molecule has 0 bridgehead atoms. The van der Waals surface area contributed by atoms with Gasteiger partial charge in [0.15, 0.2) is 0 Å². The van der Waals surface area contributed by atoms with Crippen LogP contribution in [0.5, 0.6) is 0 Å². The van der Waals surface area contributed by atoms with Crippen molar-refractivity contribution in [3.05, 3.63) is 0 Å². The van der Waals surface area contributed by atoms with Gasteiger partial charge in [-0.3, -0.25) is 4.79 Å². The number of hydrogen-bond donors (Lipinski definition) is 2. The third kappa shape index (κ3) is 4.97. The van der Waals surface area contributed by atoms with E-state index in [1.807, 2.05) is 0 Å². The van der Waals surface area contributed by atoms with Gasteiger partial charge >= 0.3 is 0 Å². The number of aliphatic hydroxyl groups is 1. The van der Waals surface area contributed by atoms with E-state index in [1.54, 1.807) is 0 Å². The minimum absolute atomic E-state index is 0.139. The van der Waals surface area contributed by atoms with Gasteiger partial charge in [0.2, 0.25) is 5.91 Å². The van der Waals surface area contributed by atoms with Gasteiger partial charge in [-0.1, -0.05) is 39.5 Å². The first-order chi connectivity index (χ1) is 8.71. The second-order valence-electron chi connectivity index (χ2n) is 5.62. The van der Waals surface area contributed by atoms with Crippen molar-refractivity contribution in [2.24, 2.45) is 11.8 Å². The summed E-state index contributed by atoms with van der Waals surface area (Å²) in [7, 11) is 0. The Hall–Kier alpha value is -0.570. The Kier molecular flexibility index (Phi) is 7.33. The maximum absolute atomic E-state index is 12.2. The average molecular weight is 255 g/mol. The molecule has 0 aliphatic heterocycles. The van der Waals surface area contributed by atoms with Gasteiger partial charge in [-0.25, -0.2) is 0 Å². The molecule has 3 nitrogen and oxygen atoms in total. The predicted molar refractivity (Wildman–Crippen MR) is 74.3 cm³/mol. The molecule has 1 saturated carbocycles. The van der Waals surface area contributed by atoms with Gasteiger partial charge in [-0.2, -0.15) is 0 Å². The summed E-state index contributed by atoms with van der Waals surface area (Å²) in [6.07, 6.45) is 8.83. The lowest BCUT2D eigenvalue weighted by molar-refractivity contribution is -0.126. The van der Waals surface area contributed by atoms with E-state index in [4.69, 9.17) is 5.11 Å². The van der Waals surface area contributed by atoms with Crippen molar-refractivity contribution in [2.45, 2.75) is 71.3 Å². The van der Waals surface area contributed by atoms with Crippen molar-refractivity contribution >= 4 is 5.91 Å². The Labute approximate surface area is 111 Å². The first-order valence-corrected chi connectivity index (χ1v) is 7.62. The minimum atomic E-state index is 0.139. The first kappa shape index (κ1) is 15.5. The Morgan fingerprint density at radius 2 is 1.94 bits per heavy atom. The van der Waals surface area contributed by atoms with E-state index in [9.17, 15) is 4.79 Å². The lowest BCUT2D eigenvalue weighted by Crippen LogP contribution is -2.39. The molecule has 0 aromatic rings.